The molecule has 0 atom stereocenters. The summed E-state index contributed by atoms with van der Waals surface area (Å²) in [5, 5.41) is 3.01. The fourth-order valence-corrected chi connectivity index (χ4v) is 4.72. The summed E-state index contributed by atoms with van der Waals surface area (Å²) in [6.07, 6.45) is 3.08. The number of amides is 1. The number of carbonyl (C=O) groups excluding carboxylic acids is 2. The molecule has 0 heterocycles. The lowest BCUT2D eigenvalue weighted by atomic mass is 9.54. The zero-order chi connectivity index (χ0) is 18.9. The summed E-state index contributed by atoms with van der Waals surface area (Å²) in [5.74, 6) is 0.227. The van der Waals surface area contributed by atoms with Gasteiger partial charge < -0.3 is 10.1 Å². The van der Waals surface area contributed by atoms with Crippen molar-refractivity contribution in [1.82, 2.24) is 5.32 Å². The molecule has 0 aliphatic heterocycles. The summed E-state index contributed by atoms with van der Waals surface area (Å²) < 4.78 is 6.38. The van der Waals surface area contributed by atoms with Gasteiger partial charge in [0.25, 0.3) is 0 Å². The maximum absolute atomic E-state index is 13.0. The normalized spacial score (nSPS) is 26.6. The molecule has 0 saturated heterocycles. The van der Waals surface area contributed by atoms with Crippen molar-refractivity contribution in [3.8, 4) is 0 Å². The Kier molecular flexibility index (Phi) is 4.81. The van der Waals surface area contributed by atoms with Crippen LogP contribution in [0, 0.1) is 0 Å². The number of ketones is 1. The Balaban J connectivity index is 1.41. The zero-order valence-corrected chi connectivity index (χ0v) is 16.6. The fourth-order valence-electron chi connectivity index (χ4n) is 4.45. The molecule has 0 aromatic heterocycles. The lowest BCUT2D eigenvalue weighted by molar-refractivity contribution is -0.133. The zero-order valence-electron chi connectivity index (χ0n) is 15.0. The smallest absolute Gasteiger partial charge is 0.407 e. The van der Waals surface area contributed by atoms with Crippen LogP contribution in [0.25, 0.3) is 0 Å². The van der Waals surface area contributed by atoms with Gasteiger partial charge >= 0.3 is 6.09 Å². The number of Topliss-reactive ketones (excluding diaryl/α,β-unsaturated/α-hetero) is 1. The Morgan fingerprint density at radius 1 is 1.00 bits per heavy atom. The molecule has 5 heteroatoms. The Hall–Kier alpha value is -2.14. The van der Waals surface area contributed by atoms with Crippen LogP contribution in [0.15, 0.2) is 59.1 Å². The van der Waals surface area contributed by atoms with Crippen LogP contribution in [0.3, 0.4) is 0 Å². The van der Waals surface area contributed by atoms with Crippen molar-refractivity contribution in [2.24, 2.45) is 0 Å². The topological polar surface area (TPSA) is 55.4 Å². The maximum atomic E-state index is 13.0. The summed E-state index contributed by atoms with van der Waals surface area (Å²) in [6, 6.07) is 17.7. The van der Waals surface area contributed by atoms with E-state index >= 15 is 0 Å². The molecule has 0 unspecified atom stereocenters. The summed E-state index contributed by atoms with van der Waals surface area (Å²) in [7, 11) is 0. The highest BCUT2D eigenvalue weighted by molar-refractivity contribution is 9.10. The fraction of sp³-hybridized carbons (Fsp3) is 0.364. The Morgan fingerprint density at radius 3 is 2.30 bits per heavy atom. The largest absolute Gasteiger partial charge is 0.445 e. The highest BCUT2D eigenvalue weighted by Crippen LogP contribution is 2.51. The highest BCUT2D eigenvalue weighted by Gasteiger charge is 2.55. The van der Waals surface area contributed by atoms with Gasteiger partial charge in [0.05, 0.1) is 11.0 Å². The number of rotatable bonds is 4. The minimum Gasteiger partial charge on any atom is -0.445 e. The van der Waals surface area contributed by atoms with Gasteiger partial charge in [0, 0.05) is 10.9 Å². The van der Waals surface area contributed by atoms with E-state index in [1.54, 1.807) is 0 Å². The molecule has 1 N–H and O–H groups in total. The van der Waals surface area contributed by atoms with E-state index < -0.39 is 17.0 Å². The van der Waals surface area contributed by atoms with Crippen LogP contribution in [0.4, 0.5) is 4.79 Å². The first-order chi connectivity index (χ1) is 13.0. The number of alkyl carbamates (subject to hydrolysis) is 1. The van der Waals surface area contributed by atoms with Crippen molar-refractivity contribution in [3.63, 3.8) is 0 Å². The second-order valence-corrected chi connectivity index (χ2v) is 8.57. The summed E-state index contributed by atoms with van der Waals surface area (Å²) >= 11 is 3.45. The van der Waals surface area contributed by atoms with E-state index in [9.17, 15) is 9.59 Å². The number of halogens is 1. The first-order valence-electron chi connectivity index (χ1n) is 9.30. The first-order valence-corrected chi connectivity index (χ1v) is 10.1. The average molecular weight is 428 g/mol. The Labute approximate surface area is 167 Å². The molecular weight excluding hydrogens is 406 g/mol. The van der Waals surface area contributed by atoms with Crippen LogP contribution < -0.4 is 5.32 Å². The third-order valence-electron chi connectivity index (χ3n) is 6.07. The van der Waals surface area contributed by atoms with Crippen LogP contribution >= 0.6 is 15.9 Å². The van der Waals surface area contributed by atoms with E-state index in [-0.39, 0.29) is 12.4 Å². The molecule has 1 amide bonds. The molecule has 140 valence electrons. The van der Waals surface area contributed by atoms with E-state index in [0.717, 1.165) is 41.3 Å². The minimum atomic E-state index is -0.456. The van der Waals surface area contributed by atoms with Gasteiger partial charge in [0.15, 0.2) is 0 Å². The molecule has 0 radical (unpaired) electrons. The van der Waals surface area contributed by atoms with Crippen LogP contribution in [-0.2, 0) is 21.6 Å². The Bertz CT molecular complexity index is 840. The van der Waals surface area contributed by atoms with Crippen molar-refractivity contribution < 1.29 is 14.3 Å². The van der Waals surface area contributed by atoms with Crippen LogP contribution in [-0.4, -0.2) is 17.4 Å². The molecule has 3 aliphatic rings. The third kappa shape index (κ3) is 3.53. The molecule has 2 bridgehead atoms. The van der Waals surface area contributed by atoms with Crippen molar-refractivity contribution in [2.75, 3.05) is 0 Å². The number of hydrogen-bond donors (Lipinski definition) is 1. The van der Waals surface area contributed by atoms with Gasteiger partial charge in [-0.15, -0.1) is 0 Å². The van der Waals surface area contributed by atoms with Crippen molar-refractivity contribution in [2.45, 2.75) is 49.7 Å². The maximum Gasteiger partial charge on any atom is 0.407 e. The molecule has 3 saturated carbocycles. The number of nitrogens with one attached hydrogen (secondary N) is 1. The van der Waals surface area contributed by atoms with Gasteiger partial charge in [-0.3, -0.25) is 4.79 Å². The lowest BCUT2D eigenvalue weighted by Gasteiger charge is -2.52. The number of fused-ring (bicyclic) bond motifs is 3. The predicted molar refractivity (Wildman–Crippen MR) is 106 cm³/mol. The molecular formula is C22H22BrNO3. The minimum absolute atomic E-state index is 0.227. The molecule has 4 nitrogen and oxygen atoms in total. The molecule has 5 rings (SSSR count). The van der Waals surface area contributed by atoms with Gasteiger partial charge in [-0.05, 0) is 48.9 Å². The van der Waals surface area contributed by atoms with E-state index in [0.29, 0.717) is 6.42 Å². The van der Waals surface area contributed by atoms with Gasteiger partial charge in [-0.1, -0.05) is 58.4 Å². The molecule has 0 spiro atoms. The van der Waals surface area contributed by atoms with Crippen LogP contribution in [0.2, 0.25) is 0 Å². The van der Waals surface area contributed by atoms with E-state index in [4.69, 9.17) is 4.74 Å². The number of ether oxygens (including phenoxy) is 1. The SMILES string of the molecule is O=C(NC12CCC(c3ccc(Br)cc3)(CC1)C(=O)C2)OCc1ccccc1. The summed E-state index contributed by atoms with van der Waals surface area (Å²) in [6.45, 7) is 0.236. The Morgan fingerprint density at radius 2 is 1.67 bits per heavy atom. The quantitative estimate of drug-likeness (QED) is 0.754. The van der Waals surface area contributed by atoms with Gasteiger partial charge in [0.1, 0.15) is 12.4 Å². The second kappa shape index (κ2) is 7.12. The van der Waals surface area contributed by atoms with Crippen molar-refractivity contribution >= 4 is 27.8 Å². The molecule has 2 aromatic rings. The molecule has 2 aromatic carbocycles. The number of hydrogen-bond acceptors (Lipinski definition) is 3. The van der Waals surface area contributed by atoms with Gasteiger partial charge in [-0.25, -0.2) is 4.79 Å². The van der Waals surface area contributed by atoms with E-state index in [1.165, 1.54) is 0 Å². The highest BCUT2D eigenvalue weighted by atomic mass is 79.9. The van der Waals surface area contributed by atoms with Gasteiger partial charge in [-0.2, -0.15) is 0 Å². The number of carbonyl (C=O) groups is 2. The van der Waals surface area contributed by atoms with E-state index in [2.05, 4.69) is 21.2 Å². The molecule has 3 fully saturated rings. The van der Waals surface area contributed by atoms with Crippen LogP contribution in [0.1, 0.15) is 43.2 Å². The molecule has 3 aliphatic carbocycles. The monoisotopic (exact) mass is 427 g/mol. The summed E-state index contributed by atoms with van der Waals surface area (Å²) in [5.41, 5.74) is 1.19. The van der Waals surface area contributed by atoms with Crippen LogP contribution in [0.5, 0.6) is 0 Å². The number of benzene rings is 2. The predicted octanol–water partition coefficient (Wildman–Crippen LogP) is 4.90. The van der Waals surface area contributed by atoms with Gasteiger partial charge in [0.2, 0.25) is 0 Å². The lowest BCUT2D eigenvalue weighted by Crippen LogP contribution is -2.62. The first kappa shape index (κ1) is 18.2. The molecule has 27 heavy (non-hydrogen) atoms. The standard InChI is InChI=1S/C22H22BrNO3/c23-18-8-6-17(7-9-18)22-12-10-21(11-13-22,14-19(22)25)24-20(26)27-15-16-4-2-1-3-5-16/h1-9H,10-15H2,(H,24,26). The van der Waals surface area contributed by atoms with Crippen molar-refractivity contribution in [1.29, 1.82) is 0 Å². The second-order valence-electron chi connectivity index (χ2n) is 7.66. The van der Waals surface area contributed by atoms with Crippen molar-refractivity contribution in [3.05, 3.63) is 70.2 Å². The van der Waals surface area contributed by atoms with E-state index in [1.807, 2.05) is 54.6 Å². The summed E-state index contributed by atoms with van der Waals surface area (Å²) in [4.78, 5) is 25.3. The third-order valence-corrected chi connectivity index (χ3v) is 6.60. The average Bonchev–Trinajstić information content (AvgIpc) is 2.68.